The molecule has 92 valence electrons. The maximum atomic E-state index is 12.2. The lowest BCUT2D eigenvalue weighted by molar-refractivity contribution is -0.139. The average molecular weight is 224 g/mol. The molecular formula is C13H24N2O. The third-order valence-electron chi connectivity index (χ3n) is 3.92. The Morgan fingerprint density at radius 1 is 1.19 bits per heavy atom. The fraction of sp³-hybridized carbons (Fsp3) is 0.923. The van der Waals surface area contributed by atoms with E-state index in [0.29, 0.717) is 18.0 Å². The lowest BCUT2D eigenvalue weighted by Gasteiger charge is -2.44. The summed E-state index contributed by atoms with van der Waals surface area (Å²) in [6.45, 7) is 4.25. The number of nitrogens with one attached hydrogen (secondary N) is 1. The molecule has 2 rings (SSSR count). The van der Waals surface area contributed by atoms with Crippen molar-refractivity contribution >= 4 is 5.91 Å². The van der Waals surface area contributed by atoms with E-state index in [9.17, 15) is 4.79 Å². The summed E-state index contributed by atoms with van der Waals surface area (Å²) < 4.78 is 0. The van der Waals surface area contributed by atoms with E-state index < -0.39 is 0 Å². The maximum absolute atomic E-state index is 12.2. The van der Waals surface area contributed by atoms with Crippen LogP contribution in [-0.4, -0.2) is 36.0 Å². The molecule has 2 fully saturated rings. The van der Waals surface area contributed by atoms with Crippen LogP contribution in [0.4, 0.5) is 0 Å². The number of hydrogen-bond acceptors (Lipinski definition) is 2. The van der Waals surface area contributed by atoms with E-state index in [1.807, 2.05) is 0 Å². The van der Waals surface area contributed by atoms with Crippen LogP contribution in [-0.2, 0) is 4.79 Å². The van der Waals surface area contributed by atoms with Crippen molar-refractivity contribution in [2.75, 3.05) is 13.1 Å². The quantitative estimate of drug-likeness (QED) is 0.791. The summed E-state index contributed by atoms with van der Waals surface area (Å²) in [5, 5.41) is 3.38. The minimum Gasteiger partial charge on any atom is -0.337 e. The molecule has 1 amide bonds. The van der Waals surface area contributed by atoms with E-state index in [1.165, 1.54) is 19.3 Å². The average Bonchev–Trinajstić information content (AvgIpc) is 2.24. The van der Waals surface area contributed by atoms with Gasteiger partial charge in [0.05, 0.1) is 0 Å². The fourth-order valence-corrected chi connectivity index (χ4v) is 2.80. The van der Waals surface area contributed by atoms with Crippen LogP contribution >= 0.6 is 0 Å². The summed E-state index contributed by atoms with van der Waals surface area (Å²) in [6, 6.07) is 1.09. The third kappa shape index (κ3) is 2.57. The molecule has 0 aromatic carbocycles. The predicted octanol–water partition coefficient (Wildman–Crippen LogP) is 1.92. The van der Waals surface area contributed by atoms with Gasteiger partial charge >= 0.3 is 0 Å². The number of hydrogen-bond donors (Lipinski definition) is 1. The molecule has 1 heterocycles. The van der Waals surface area contributed by atoms with E-state index in [4.69, 9.17) is 0 Å². The van der Waals surface area contributed by atoms with Crippen LogP contribution in [0.3, 0.4) is 0 Å². The van der Waals surface area contributed by atoms with Crippen molar-refractivity contribution in [3.8, 4) is 0 Å². The highest BCUT2D eigenvalue weighted by Crippen LogP contribution is 2.29. The van der Waals surface area contributed by atoms with Crippen LogP contribution in [0.5, 0.6) is 0 Å². The Balaban J connectivity index is 1.97. The van der Waals surface area contributed by atoms with E-state index in [1.54, 1.807) is 0 Å². The number of carbonyl (C=O) groups is 1. The van der Waals surface area contributed by atoms with Crippen molar-refractivity contribution in [2.24, 2.45) is 0 Å². The monoisotopic (exact) mass is 224 g/mol. The first kappa shape index (κ1) is 11.9. The smallest absolute Gasteiger partial charge is 0.223 e. The Labute approximate surface area is 98.6 Å². The van der Waals surface area contributed by atoms with Crippen LogP contribution in [0.1, 0.15) is 51.9 Å². The van der Waals surface area contributed by atoms with Gasteiger partial charge in [0.15, 0.2) is 0 Å². The van der Waals surface area contributed by atoms with Crippen LogP contribution in [0.15, 0.2) is 0 Å². The topological polar surface area (TPSA) is 32.3 Å². The molecule has 0 unspecified atom stereocenters. The standard InChI is InChI=1S/C13H24N2O/c1-2-4-13(16)15(11-5-3-6-11)12-7-9-14-10-8-12/h11-12,14H,2-10H2,1H3. The lowest BCUT2D eigenvalue weighted by Crippen LogP contribution is -2.53. The summed E-state index contributed by atoms with van der Waals surface area (Å²) in [4.78, 5) is 14.4. The van der Waals surface area contributed by atoms with Gasteiger partial charge in [-0.3, -0.25) is 4.79 Å². The van der Waals surface area contributed by atoms with Gasteiger partial charge in [0.25, 0.3) is 0 Å². The first-order chi connectivity index (χ1) is 7.83. The molecule has 2 aliphatic rings. The Bertz CT molecular complexity index is 232. The molecule has 0 radical (unpaired) electrons. The molecule has 0 bridgehead atoms. The molecule has 0 aromatic heterocycles. The molecule has 1 saturated carbocycles. The van der Waals surface area contributed by atoms with Crippen molar-refractivity contribution in [3.05, 3.63) is 0 Å². The highest BCUT2D eigenvalue weighted by Gasteiger charge is 2.33. The molecule has 0 aromatic rings. The molecule has 3 heteroatoms. The van der Waals surface area contributed by atoms with Gasteiger partial charge in [0.2, 0.25) is 5.91 Å². The summed E-state index contributed by atoms with van der Waals surface area (Å²) in [7, 11) is 0. The molecule has 1 saturated heterocycles. The summed E-state index contributed by atoms with van der Waals surface area (Å²) in [6.07, 6.45) is 7.79. The molecule has 16 heavy (non-hydrogen) atoms. The zero-order chi connectivity index (χ0) is 11.4. The number of nitrogens with zero attached hydrogens (tertiary/aromatic N) is 1. The minimum absolute atomic E-state index is 0.402. The third-order valence-corrected chi connectivity index (χ3v) is 3.92. The van der Waals surface area contributed by atoms with Crippen molar-refractivity contribution < 1.29 is 4.79 Å². The predicted molar refractivity (Wildman–Crippen MR) is 65.3 cm³/mol. The Kier molecular flexibility index (Phi) is 4.22. The minimum atomic E-state index is 0.402. The maximum Gasteiger partial charge on any atom is 0.223 e. The van der Waals surface area contributed by atoms with Gasteiger partial charge in [0.1, 0.15) is 0 Å². The van der Waals surface area contributed by atoms with Gasteiger partial charge in [-0.1, -0.05) is 6.92 Å². The zero-order valence-electron chi connectivity index (χ0n) is 10.4. The van der Waals surface area contributed by atoms with Crippen LogP contribution in [0.25, 0.3) is 0 Å². The Hall–Kier alpha value is -0.570. The summed E-state index contributed by atoms with van der Waals surface area (Å²) >= 11 is 0. The fourth-order valence-electron chi connectivity index (χ4n) is 2.80. The van der Waals surface area contributed by atoms with Gasteiger partial charge in [0, 0.05) is 18.5 Å². The van der Waals surface area contributed by atoms with E-state index >= 15 is 0 Å². The van der Waals surface area contributed by atoms with Crippen molar-refractivity contribution in [2.45, 2.75) is 64.0 Å². The van der Waals surface area contributed by atoms with E-state index in [2.05, 4.69) is 17.1 Å². The largest absolute Gasteiger partial charge is 0.337 e. The SMILES string of the molecule is CCCC(=O)N(C1CCC1)C1CCNCC1. The van der Waals surface area contributed by atoms with Gasteiger partial charge in [-0.15, -0.1) is 0 Å². The van der Waals surface area contributed by atoms with Gasteiger partial charge in [-0.25, -0.2) is 0 Å². The summed E-state index contributed by atoms with van der Waals surface area (Å²) in [5.41, 5.74) is 0. The van der Waals surface area contributed by atoms with Crippen molar-refractivity contribution in [1.82, 2.24) is 10.2 Å². The van der Waals surface area contributed by atoms with Crippen LogP contribution in [0, 0.1) is 0 Å². The zero-order valence-corrected chi connectivity index (χ0v) is 10.4. The lowest BCUT2D eigenvalue weighted by atomic mass is 9.88. The van der Waals surface area contributed by atoms with Gasteiger partial charge in [-0.05, 0) is 51.6 Å². The molecule has 1 aliphatic carbocycles. The summed E-state index contributed by atoms with van der Waals surface area (Å²) in [5.74, 6) is 0.402. The first-order valence-electron chi connectivity index (χ1n) is 6.84. The molecule has 1 N–H and O–H groups in total. The van der Waals surface area contributed by atoms with Crippen LogP contribution < -0.4 is 5.32 Å². The molecular weight excluding hydrogens is 200 g/mol. The molecule has 3 nitrogen and oxygen atoms in total. The van der Waals surface area contributed by atoms with Crippen LogP contribution in [0.2, 0.25) is 0 Å². The van der Waals surface area contributed by atoms with Gasteiger partial charge < -0.3 is 10.2 Å². The van der Waals surface area contributed by atoms with Crippen molar-refractivity contribution in [1.29, 1.82) is 0 Å². The highest BCUT2D eigenvalue weighted by atomic mass is 16.2. The number of amides is 1. The van der Waals surface area contributed by atoms with E-state index in [-0.39, 0.29) is 0 Å². The Morgan fingerprint density at radius 2 is 1.81 bits per heavy atom. The molecule has 0 spiro atoms. The normalized spacial score (nSPS) is 22.8. The first-order valence-corrected chi connectivity index (χ1v) is 6.84. The van der Waals surface area contributed by atoms with Gasteiger partial charge in [-0.2, -0.15) is 0 Å². The van der Waals surface area contributed by atoms with E-state index in [0.717, 1.165) is 38.8 Å². The second-order valence-corrected chi connectivity index (χ2v) is 5.12. The Morgan fingerprint density at radius 3 is 2.31 bits per heavy atom. The highest BCUT2D eigenvalue weighted by molar-refractivity contribution is 5.77. The number of piperidine rings is 1. The van der Waals surface area contributed by atoms with Crippen molar-refractivity contribution in [3.63, 3.8) is 0 Å². The second kappa shape index (κ2) is 5.67. The number of rotatable bonds is 4. The molecule has 0 atom stereocenters. The molecule has 1 aliphatic heterocycles. The second-order valence-electron chi connectivity index (χ2n) is 5.12. The number of carbonyl (C=O) groups excluding carboxylic acids is 1.